The van der Waals surface area contributed by atoms with E-state index in [-0.39, 0.29) is 0 Å². The molecule has 1 aliphatic heterocycles. The SMILES string of the molecule is Cc1c2c(nn1-c1ccc(OCCCN3CCCC3)cc1)CCCC2. The molecule has 0 N–H and O–H groups in total. The molecule has 4 nitrogen and oxygen atoms in total. The number of aryl methyl sites for hydroxylation is 1. The van der Waals surface area contributed by atoms with Gasteiger partial charge in [-0.3, -0.25) is 0 Å². The zero-order valence-electron chi connectivity index (χ0n) is 15.3. The number of aromatic nitrogens is 2. The Morgan fingerprint density at radius 1 is 1.00 bits per heavy atom. The van der Waals surface area contributed by atoms with Crippen LogP contribution in [0.1, 0.15) is 49.1 Å². The van der Waals surface area contributed by atoms with Crippen LogP contribution in [-0.4, -0.2) is 40.9 Å². The van der Waals surface area contributed by atoms with E-state index >= 15 is 0 Å². The normalized spacial score (nSPS) is 17.6. The van der Waals surface area contributed by atoms with Crippen molar-refractivity contribution in [2.45, 2.75) is 51.9 Å². The Morgan fingerprint density at radius 3 is 2.52 bits per heavy atom. The van der Waals surface area contributed by atoms with Crippen molar-refractivity contribution in [1.82, 2.24) is 14.7 Å². The number of ether oxygens (including phenoxy) is 1. The van der Waals surface area contributed by atoms with Crippen molar-refractivity contribution in [2.75, 3.05) is 26.2 Å². The van der Waals surface area contributed by atoms with Crippen molar-refractivity contribution in [1.29, 1.82) is 0 Å². The van der Waals surface area contributed by atoms with E-state index in [1.54, 1.807) is 0 Å². The van der Waals surface area contributed by atoms with Crippen molar-refractivity contribution < 1.29 is 4.74 Å². The Morgan fingerprint density at radius 2 is 1.76 bits per heavy atom. The Hall–Kier alpha value is -1.81. The summed E-state index contributed by atoms with van der Waals surface area (Å²) in [4.78, 5) is 2.54. The molecular formula is C21H29N3O. The molecule has 0 unspecified atom stereocenters. The summed E-state index contributed by atoms with van der Waals surface area (Å²) in [5, 5.41) is 4.84. The average molecular weight is 339 g/mol. The molecule has 25 heavy (non-hydrogen) atoms. The van der Waals surface area contributed by atoms with Crippen LogP contribution in [-0.2, 0) is 12.8 Å². The summed E-state index contributed by atoms with van der Waals surface area (Å²) in [6, 6.07) is 8.40. The van der Waals surface area contributed by atoms with E-state index in [9.17, 15) is 0 Å². The van der Waals surface area contributed by atoms with Gasteiger partial charge in [0.15, 0.2) is 0 Å². The van der Waals surface area contributed by atoms with Gasteiger partial charge in [0.05, 0.1) is 18.0 Å². The molecule has 1 aromatic heterocycles. The number of likely N-dealkylation sites (tertiary alicyclic amines) is 1. The number of hydrogen-bond acceptors (Lipinski definition) is 3. The van der Waals surface area contributed by atoms with Gasteiger partial charge in [0.1, 0.15) is 5.75 Å². The summed E-state index contributed by atoms with van der Waals surface area (Å²) in [6.45, 7) is 6.69. The van der Waals surface area contributed by atoms with Gasteiger partial charge in [0.25, 0.3) is 0 Å². The van der Waals surface area contributed by atoms with Crippen molar-refractivity contribution in [3.63, 3.8) is 0 Å². The Bertz CT molecular complexity index is 699. The van der Waals surface area contributed by atoms with E-state index in [0.29, 0.717) is 0 Å². The highest BCUT2D eigenvalue weighted by atomic mass is 16.5. The summed E-state index contributed by atoms with van der Waals surface area (Å²) in [7, 11) is 0. The fourth-order valence-electron chi connectivity index (χ4n) is 4.13. The molecule has 1 fully saturated rings. The van der Waals surface area contributed by atoms with E-state index in [0.717, 1.165) is 37.4 Å². The monoisotopic (exact) mass is 339 g/mol. The first-order valence-corrected chi connectivity index (χ1v) is 9.84. The van der Waals surface area contributed by atoms with Crippen LogP contribution in [0.15, 0.2) is 24.3 Å². The van der Waals surface area contributed by atoms with E-state index < -0.39 is 0 Å². The second-order valence-electron chi connectivity index (χ2n) is 7.37. The topological polar surface area (TPSA) is 30.3 Å². The first-order chi connectivity index (χ1) is 12.3. The van der Waals surface area contributed by atoms with Crippen LogP contribution in [0.3, 0.4) is 0 Å². The maximum Gasteiger partial charge on any atom is 0.119 e. The standard InChI is InChI=1S/C21H29N3O/c1-17-20-7-2-3-8-21(20)22-24(17)18-9-11-19(12-10-18)25-16-6-15-23-13-4-5-14-23/h9-12H,2-8,13-16H2,1H3. The van der Waals surface area contributed by atoms with Crippen LogP contribution >= 0.6 is 0 Å². The second kappa shape index (κ2) is 7.61. The molecule has 0 amide bonds. The zero-order valence-corrected chi connectivity index (χ0v) is 15.3. The molecule has 2 aromatic rings. The van der Waals surface area contributed by atoms with E-state index in [4.69, 9.17) is 9.84 Å². The molecule has 0 spiro atoms. The first-order valence-electron chi connectivity index (χ1n) is 9.84. The van der Waals surface area contributed by atoms with E-state index in [2.05, 4.69) is 40.8 Å². The Balaban J connectivity index is 1.34. The first kappa shape index (κ1) is 16.6. The predicted molar refractivity (Wildman–Crippen MR) is 101 cm³/mol. The third kappa shape index (κ3) is 3.74. The van der Waals surface area contributed by atoms with Crippen LogP contribution in [0.5, 0.6) is 5.75 Å². The minimum atomic E-state index is 0.797. The minimum absolute atomic E-state index is 0.797. The molecule has 2 heterocycles. The highest BCUT2D eigenvalue weighted by molar-refractivity contribution is 5.41. The summed E-state index contributed by atoms with van der Waals surface area (Å²) in [5.74, 6) is 0.958. The third-order valence-electron chi connectivity index (χ3n) is 5.58. The lowest BCUT2D eigenvalue weighted by atomic mass is 9.96. The second-order valence-corrected chi connectivity index (χ2v) is 7.37. The number of rotatable bonds is 6. The maximum atomic E-state index is 5.91. The molecule has 134 valence electrons. The lowest BCUT2D eigenvalue weighted by Gasteiger charge is -2.14. The maximum absolute atomic E-state index is 5.91. The van der Waals surface area contributed by atoms with Gasteiger partial charge < -0.3 is 9.64 Å². The molecule has 1 aliphatic carbocycles. The van der Waals surface area contributed by atoms with Crippen molar-refractivity contribution in [2.24, 2.45) is 0 Å². The Kier molecular flexibility index (Phi) is 5.07. The van der Waals surface area contributed by atoms with Gasteiger partial charge in [-0.15, -0.1) is 0 Å². The highest BCUT2D eigenvalue weighted by Crippen LogP contribution is 2.26. The fourth-order valence-corrected chi connectivity index (χ4v) is 4.13. The number of nitrogens with zero attached hydrogens (tertiary/aromatic N) is 3. The largest absolute Gasteiger partial charge is 0.494 e. The molecule has 1 saturated heterocycles. The predicted octanol–water partition coefficient (Wildman–Crippen LogP) is 3.92. The van der Waals surface area contributed by atoms with E-state index in [1.807, 2.05) is 0 Å². The number of benzene rings is 1. The molecule has 4 rings (SSSR count). The molecule has 0 bridgehead atoms. The van der Waals surface area contributed by atoms with Gasteiger partial charge in [-0.2, -0.15) is 5.10 Å². The van der Waals surface area contributed by atoms with Gasteiger partial charge in [0.2, 0.25) is 0 Å². The number of fused-ring (bicyclic) bond motifs is 1. The molecule has 0 saturated carbocycles. The van der Waals surface area contributed by atoms with Crippen LogP contribution in [0, 0.1) is 6.92 Å². The van der Waals surface area contributed by atoms with Gasteiger partial charge >= 0.3 is 0 Å². The van der Waals surface area contributed by atoms with Crippen LogP contribution in [0.4, 0.5) is 0 Å². The summed E-state index contributed by atoms with van der Waals surface area (Å²) >= 11 is 0. The quantitative estimate of drug-likeness (QED) is 0.747. The molecular weight excluding hydrogens is 310 g/mol. The van der Waals surface area contributed by atoms with Crippen molar-refractivity contribution in [3.05, 3.63) is 41.2 Å². The third-order valence-corrected chi connectivity index (χ3v) is 5.58. The van der Waals surface area contributed by atoms with Gasteiger partial charge in [-0.1, -0.05) is 0 Å². The van der Waals surface area contributed by atoms with Gasteiger partial charge in [-0.25, -0.2) is 4.68 Å². The lowest BCUT2D eigenvalue weighted by Crippen LogP contribution is -2.21. The summed E-state index contributed by atoms with van der Waals surface area (Å²) < 4.78 is 8.02. The molecule has 0 atom stereocenters. The van der Waals surface area contributed by atoms with Crippen molar-refractivity contribution in [3.8, 4) is 11.4 Å². The van der Waals surface area contributed by atoms with Gasteiger partial charge in [-0.05, 0) is 94.8 Å². The van der Waals surface area contributed by atoms with Crippen LogP contribution in [0.2, 0.25) is 0 Å². The zero-order chi connectivity index (χ0) is 17.1. The van der Waals surface area contributed by atoms with Crippen molar-refractivity contribution >= 4 is 0 Å². The lowest BCUT2D eigenvalue weighted by molar-refractivity contribution is 0.263. The van der Waals surface area contributed by atoms with E-state index in [1.165, 1.54) is 62.1 Å². The Labute approximate surface area is 150 Å². The molecule has 2 aliphatic rings. The van der Waals surface area contributed by atoms with Gasteiger partial charge in [0, 0.05) is 12.2 Å². The fraction of sp³-hybridized carbons (Fsp3) is 0.571. The van der Waals surface area contributed by atoms with Crippen LogP contribution in [0.25, 0.3) is 5.69 Å². The average Bonchev–Trinajstić information content (AvgIpc) is 3.28. The highest BCUT2D eigenvalue weighted by Gasteiger charge is 2.18. The smallest absolute Gasteiger partial charge is 0.119 e. The molecule has 4 heteroatoms. The van der Waals surface area contributed by atoms with Crippen LogP contribution < -0.4 is 4.74 Å². The summed E-state index contributed by atoms with van der Waals surface area (Å²) in [5.41, 5.74) is 5.20. The molecule has 1 aromatic carbocycles. The molecule has 0 radical (unpaired) electrons. The minimum Gasteiger partial charge on any atom is -0.494 e. The summed E-state index contributed by atoms with van der Waals surface area (Å²) in [6.07, 6.45) is 8.70. The number of hydrogen-bond donors (Lipinski definition) is 0.